The highest BCUT2D eigenvalue weighted by molar-refractivity contribution is 7.91. The fourth-order valence-electron chi connectivity index (χ4n) is 1.42. The first kappa shape index (κ1) is 13.5. The van der Waals surface area contributed by atoms with E-state index in [1.807, 2.05) is 0 Å². The zero-order chi connectivity index (χ0) is 13.2. The monoisotopic (exact) mass is 302 g/mol. The minimum absolute atomic E-state index is 0.254. The Labute approximate surface area is 115 Å². The predicted octanol–water partition coefficient (Wildman–Crippen LogP) is 2.62. The van der Waals surface area contributed by atoms with Crippen LogP contribution < -0.4 is 0 Å². The maximum atomic E-state index is 12.2. The largest absolute Gasteiger partial charge is 0.265 e. The van der Waals surface area contributed by atoms with Gasteiger partial charge in [-0.2, -0.15) is 4.31 Å². The highest BCUT2D eigenvalue weighted by Crippen LogP contribution is 2.28. The average molecular weight is 303 g/mol. The molecule has 7 heteroatoms. The summed E-state index contributed by atoms with van der Waals surface area (Å²) in [5.74, 6) is 0. The lowest BCUT2D eigenvalue weighted by molar-refractivity contribution is 0.468. The number of rotatable bonds is 4. The second kappa shape index (κ2) is 5.36. The molecular formula is C11H11ClN2O2S2. The van der Waals surface area contributed by atoms with Crippen molar-refractivity contribution in [3.05, 3.63) is 46.6 Å². The van der Waals surface area contributed by atoms with Crippen LogP contribution in [0.25, 0.3) is 0 Å². The third-order valence-electron chi connectivity index (χ3n) is 2.37. The number of thiophene rings is 1. The van der Waals surface area contributed by atoms with E-state index >= 15 is 0 Å². The van der Waals surface area contributed by atoms with Gasteiger partial charge in [0, 0.05) is 26.0 Å². The lowest BCUT2D eigenvalue weighted by atomic mass is 10.3. The summed E-state index contributed by atoms with van der Waals surface area (Å²) in [6.07, 6.45) is 3.27. The Morgan fingerprint density at radius 3 is 2.50 bits per heavy atom. The zero-order valence-corrected chi connectivity index (χ0v) is 12.0. The van der Waals surface area contributed by atoms with Gasteiger partial charge in [-0.1, -0.05) is 11.6 Å². The topological polar surface area (TPSA) is 50.3 Å². The van der Waals surface area contributed by atoms with E-state index in [2.05, 4.69) is 4.98 Å². The Morgan fingerprint density at radius 2 is 1.94 bits per heavy atom. The van der Waals surface area contributed by atoms with Gasteiger partial charge in [-0.15, -0.1) is 11.3 Å². The molecule has 4 nitrogen and oxygen atoms in total. The number of hydrogen-bond acceptors (Lipinski definition) is 4. The smallest absolute Gasteiger partial charge is 0.252 e. The van der Waals surface area contributed by atoms with E-state index in [4.69, 9.17) is 11.6 Å². The molecule has 0 aliphatic heterocycles. The fourth-order valence-corrected chi connectivity index (χ4v) is 4.27. The van der Waals surface area contributed by atoms with Gasteiger partial charge in [-0.25, -0.2) is 8.42 Å². The Kier molecular flexibility index (Phi) is 4.01. The lowest BCUT2D eigenvalue weighted by Gasteiger charge is -2.15. The standard InChI is InChI=1S/C11H11ClN2O2S2/c1-14(8-9-4-6-13-7-5-9)18(15,16)11-3-2-10(12)17-11/h2-7H,8H2,1H3. The van der Waals surface area contributed by atoms with Gasteiger partial charge in [-0.3, -0.25) is 4.98 Å². The van der Waals surface area contributed by atoms with E-state index in [1.54, 1.807) is 37.6 Å². The number of sulfonamides is 1. The van der Waals surface area contributed by atoms with Crippen LogP contribution in [0.2, 0.25) is 4.34 Å². The Balaban J connectivity index is 2.21. The van der Waals surface area contributed by atoms with Gasteiger partial charge < -0.3 is 0 Å². The zero-order valence-electron chi connectivity index (χ0n) is 9.58. The van der Waals surface area contributed by atoms with Crippen LogP contribution in [0.3, 0.4) is 0 Å². The molecule has 2 aromatic rings. The summed E-state index contributed by atoms with van der Waals surface area (Å²) in [5.41, 5.74) is 0.888. The average Bonchev–Trinajstić information content (AvgIpc) is 2.78. The third kappa shape index (κ3) is 2.89. The third-order valence-corrected chi connectivity index (χ3v) is 5.87. The number of pyridine rings is 1. The van der Waals surface area contributed by atoms with Crippen LogP contribution in [-0.4, -0.2) is 24.8 Å². The lowest BCUT2D eigenvalue weighted by Crippen LogP contribution is -2.25. The summed E-state index contributed by atoms with van der Waals surface area (Å²) in [6.45, 7) is 0.306. The molecule has 0 fully saturated rings. The van der Waals surface area contributed by atoms with E-state index < -0.39 is 10.0 Å². The van der Waals surface area contributed by atoms with Crippen LogP contribution in [0.5, 0.6) is 0 Å². The normalized spacial score (nSPS) is 11.9. The fraction of sp³-hybridized carbons (Fsp3) is 0.182. The Hall–Kier alpha value is -0.950. The van der Waals surface area contributed by atoms with Crippen molar-refractivity contribution in [2.45, 2.75) is 10.8 Å². The number of halogens is 1. The van der Waals surface area contributed by atoms with Crippen LogP contribution in [0.15, 0.2) is 40.9 Å². The van der Waals surface area contributed by atoms with Crippen molar-refractivity contribution >= 4 is 33.0 Å². The van der Waals surface area contributed by atoms with Crippen LogP contribution in [0.4, 0.5) is 0 Å². The summed E-state index contributed by atoms with van der Waals surface area (Å²) in [4.78, 5) is 3.89. The molecule has 0 atom stereocenters. The molecule has 0 bridgehead atoms. The molecule has 0 unspecified atom stereocenters. The van der Waals surface area contributed by atoms with Crippen molar-refractivity contribution < 1.29 is 8.42 Å². The van der Waals surface area contributed by atoms with Gasteiger partial charge in [0.25, 0.3) is 10.0 Å². The summed E-state index contributed by atoms with van der Waals surface area (Å²) in [5, 5.41) is 0. The van der Waals surface area contributed by atoms with E-state index in [9.17, 15) is 8.42 Å². The van der Waals surface area contributed by atoms with Gasteiger partial charge in [0.2, 0.25) is 0 Å². The second-order valence-corrected chi connectivity index (χ2v) is 7.66. The molecule has 18 heavy (non-hydrogen) atoms. The van der Waals surface area contributed by atoms with Crippen molar-refractivity contribution in [3.63, 3.8) is 0 Å². The van der Waals surface area contributed by atoms with Gasteiger partial charge in [0.15, 0.2) is 0 Å². The number of nitrogens with zero attached hydrogens (tertiary/aromatic N) is 2. The molecular weight excluding hydrogens is 292 g/mol. The van der Waals surface area contributed by atoms with Crippen molar-refractivity contribution in [2.75, 3.05) is 7.05 Å². The quantitative estimate of drug-likeness (QED) is 0.872. The van der Waals surface area contributed by atoms with Crippen molar-refractivity contribution in [2.24, 2.45) is 0 Å². The Bertz CT molecular complexity index is 626. The van der Waals surface area contributed by atoms with Gasteiger partial charge in [0.05, 0.1) is 4.34 Å². The first-order valence-corrected chi connectivity index (χ1v) is 7.74. The molecule has 2 aromatic heterocycles. The van der Waals surface area contributed by atoms with Crippen LogP contribution in [0, 0.1) is 0 Å². The predicted molar refractivity (Wildman–Crippen MR) is 72.2 cm³/mol. The molecule has 0 aliphatic rings. The first-order valence-electron chi connectivity index (χ1n) is 5.11. The second-order valence-electron chi connectivity index (χ2n) is 3.68. The van der Waals surface area contributed by atoms with Gasteiger partial charge >= 0.3 is 0 Å². The van der Waals surface area contributed by atoms with E-state index in [0.29, 0.717) is 10.9 Å². The minimum atomic E-state index is -3.47. The number of hydrogen-bond donors (Lipinski definition) is 0. The van der Waals surface area contributed by atoms with Crippen molar-refractivity contribution in [1.82, 2.24) is 9.29 Å². The van der Waals surface area contributed by atoms with Crippen LogP contribution in [0.1, 0.15) is 5.56 Å². The molecule has 96 valence electrons. The Morgan fingerprint density at radius 1 is 1.28 bits per heavy atom. The molecule has 0 saturated carbocycles. The first-order chi connectivity index (χ1) is 8.50. The maximum Gasteiger partial charge on any atom is 0.252 e. The van der Waals surface area contributed by atoms with Crippen molar-refractivity contribution in [3.8, 4) is 0 Å². The van der Waals surface area contributed by atoms with E-state index in [1.165, 1.54) is 10.4 Å². The number of aromatic nitrogens is 1. The van der Waals surface area contributed by atoms with Gasteiger partial charge in [-0.05, 0) is 29.8 Å². The molecule has 0 spiro atoms. The molecule has 0 aromatic carbocycles. The summed E-state index contributed by atoms with van der Waals surface area (Å²) in [6, 6.07) is 6.67. The summed E-state index contributed by atoms with van der Waals surface area (Å²) in [7, 11) is -1.92. The maximum absolute atomic E-state index is 12.2. The van der Waals surface area contributed by atoms with Crippen LogP contribution in [-0.2, 0) is 16.6 Å². The SMILES string of the molecule is CN(Cc1ccncc1)S(=O)(=O)c1ccc(Cl)s1. The molecule has 0 N–H and O–H groups in total. The molecule has 0 aliphatic carbocycles. The molecule has 0 saturated heterocycles. The highest BCUT2D eigenvalue weighted by Gasteiger charge is 2.22. The molecule has 0 radical (unpaired) electrons. The van der Waals surface area contributed by atoms with E-state index in [0.717, 1.165) is 16.9 Å². The van der Waals surface area contributed by atoms with Crippen molar-refractivity contribution in [1.29, 1.82) is 0 Å². The molecule has 2 rings (SSSR count). The highest BCUT2D eigenvalue weighted by atomic mass is 35.5. The summed E-state index contributed by atoms with van der Waals surface area (Å²) < 4.78 is 26.4. The summed E-state index contributed by atoms with van der Waals surface area (Å²) >= 11 is 6.82. The molecule has 2 heterocycles. The van der Waals surface area contributed by atoms with Gasteiger partial charge in [0.1, 0.15) is 4.21 Å². The van der Waals surface area contributed by atoms with E-state index in [-0.39, 0.29) is 4.21 Å². The van der Waals surface area contributed by atoms with Crippen LogP contribution >= 0.6 is 22.9 Å². The minimum Gasteiger partial charge on any atom is -0.265 e. The molecule has 0 amide bonds.